The number of hydrogen-bond donors (Lipinski definition) is 0. The number of halogens is 1. The minimum atomic E-state index is -0.600. The first kappa shape index (κ1) is 12.0. The summed E-state index contributed by atoms with van der Waals surface area (Å²) in [7, 11) is 0. The highest BCUT2D eigenvalue weighted by molar-refractivity contribution is 6.00. The maximum atomic E-state index is 12.8. The monoisotopic (exact) mass is 235 g/mol. The van der Waals surface area contributed by atoms with Gasteiger partial charge in [-0.25, -0.2) is 4.39 Å². The molecule has 0 aromatic heterocycles. The summed E-state index contributed by atoms with van der Waals surface area (Å²) >= 11 is 0. The number of aliphatic imine (C=N–C) groups is 1. The van der Waals surface area contributed by atoms with Crippen LogP contribution in [0.15, 0.2) is 29.3 Å². The smallest absolute Gasteiger partial charge is 0.159 e. The summed E-state index contributed by atoms with van der Waals surface area (Å²) < 4.78 is 12.8. The molecule has 3 nitrogen and oxygen atoms in total. The van der Waals surface area contributed by atoms with Gasteiger partial charge in [-0.3, -0.25) is 4.99 Å². The Balaban J connectivity index is 2.45. The van der Waals surface area contributed by atoms with Crippen LogP contribution in [0.1, 0.15) is 33.3 Å². The minimum absolute atomic E-state index is 0.316. The average Bonchev–Trinajstić information content (AvgIpc) is 2.40. The normalized spacial score (nSPS) is 21.5. The number of hydroxylamine groups is 2. The third-order valence-electron chi connectivity index (χ3n) is 3.69. The van der Waals surface area contributed by atoms with Crippen LogP contribution in [0.3, 0.4) is 0 Å². The van der Waals surface area contributed by atoms with E-state index in [1.807, 2.05) is 27.7 Å². The molecule has 1 aromatic carbocycles. The van der Waals surface area contributed by atoms with Crippen molar-refractivity contribution in [1.82, 2.24) is 5.06 Å². The fraction of sp³-hybridized carbons (Fsp3) is 0.462. The molecule has 0 saturated carbocycles. The molecule has 0 amide bonds. The number of benzene rings is 1. The third kappa shape index (κ3) is 1.72. The van der Waals surface area contributed by atoms with E-state index in [1.165, 1.54) is 12.1 Å². The van der Waals surface area contributed by atoms with Gasteiger partial charge in [0.15, 0.2) is 5.84 Å². The van der Waals surface area contributed by atoms with Crippen molar-refractivity contribution in [2.45, 2.75) is 38.8 Å². The van der Waals surface area contributed by atoms with Gasteiger partial charge >= 0.3 is 0 Å². The van der Waals surface area contributed by atoms with Crippen LogP contribution in [-0.4, -0.2) is 22.0 Å². The Morgan fingerprint density at radius 2 is 1.65 bits per heavy atom. The first-order valence-corrected chi connectivity index (χ1v) is 5.59. The molecule has 1 aliphatic rings. The second-order valence-corrected chi connectivity index (χ2v) is 5.35. The van der Waals surface area contributed by atoms with Crippen molar-refractivity contribution < 1.29 is 9.60 Å². The van der Waals surface area contributed by atoms with Crippen LogP contribution in [0.5, 0.6) is 0 Å². The largest absolute Gasteiger partial charge is 0.257 e. The molecular weight excluding hydrogens is 219 g/mol. The molecule has 1 aliphatic heterocycles. The molecule has 17 heavy (non-hydrogen) atoms. The summed E-state index contributed by atoms with van der Waals surface area (Å²) in [5, 5.41) is 13.1. The standard InChI is InChI=1S/C13H16FN2O/c1-12(2)13(3,4)16(17)11(15-12)9-5-7-10(14)8-6-9/h5-8H,1-4H3. The maximum Gasteiger partial charge on any atom is 0.159 e. The molecule has 91 valence electrons. The maximum absolute atomic E-state index is 12.8. The molecule has 0 unspecified atom stereocenters. The Bertz CT molecular complexity index is 463. The van der Waals surface area contributed by atoms with Gasteiger partial charge in [0, 0.05) is 5.56 Å². The predicted octanol–water partition coefficient (Wildman–Crippen LogP) is 2.79. The van der Waals surface area contributed by atoms with Crippen molar-refractivity contribution in [3.8, 4) is 0 Å². The molecule has 0 bridgehead atoms. The van der Waals surface area contributed by atoms with Gasteiger partial charge in [0.1, 0.15) is 5.82 Å². The molecule has 0 fully saturated rings. The van der Waals surface area contributed by atoms with E-state index in [-0.39, 0.29) is 5.82 Å². The highest BCUT2D eigenvalue weighted by atomic mass is 19.1. The van der Waals surface area contributed by atoms with E-state index in [0.29, 0.717) is 11.4 Å². The minimum Gasteiger partial charge on any atom is -0.257 e. The van der Waals surface area contributed by atoms with E-state index in [9.17, 15) is 9.60 Å². The van der Waals surface area contributed by atoms with Crippen molar-refractivity contribution in [3.05, 3.63) is 35.6 Å². The lowest BCUT2D eigenvalue weighted by atomic mass is 9.84. The Kier molecular flexibility index (Phi) is 2.51. The summed E-state index contributed by atoms with van der Waals surface area (Å²) in [6.45, 7) is 7.57. The Morgan fingerprint density at radius 3 is 2.06 bits per heavy atom. The second-order valence-electron chi connectivity index (χ2n) is 5.35. The molecule has 0 N–H and O–H groups in total. The van der Waals surface area contributed by atoms with Gasteiger partial charge < -0.3 is 0 Å². The average molecular weight is 235 g/mol. The number of rotatable bonds is 1. The Labute approximate surface area is 101 Å². The first-order chi connectivity index (χ1) is 7.75. The first-order valence-electron chi connectivity index (χ1n) is 5.59. The lowest BCUT2D eigenvalue weighted by Gasteiger charge is -2.35. The number of amidine groups is 1. The van der Waals surface area contributed by atoms with E-state index in [2.05, 4.69) is 4.99 Å². The van der Waals surface area contributed by atoms with E-state index >= 15 is 0 Å². The quantitative estimate of drug-likeness (QED) is 0.737. The molecule has 0 spiro atoms. The molecule has 1 aromatic rings. The van der Waals surface area contributed by atoms with Crippen LogP contribution in [0.25, 0.3) is 0 Å². The summed E-state index contributed by atoms with van der Waals surface area (Å²) in [6, 6.07) is 5.83. The van der Waals surface area contributed by atoms with Crippen LogP contribution in [0, 0.1) is 5.82 Å². The molecule has 0 atom stereocenters. The zero-order chi connectivity index (χ0) is 12.8. The lowest BCUT2D eigenvalue weighted by Crippen LogP contribution is -2.50. The van der Waals surface area contributed by atoms with Crippen LogP contribution >= 0.6 is 0 Å². The SMILES string of the molecule is CC1(C)N=C(c2ccc(F)cc2)N([O])C1(C)C. The molecule has 4 heteroatoms. The molecule has 0 saturated heterocycles. The van der Waals surface area contributed by atoms with E-state index < -0.39 is 11.1 Å². The van der Waals surface area contributed by atoms with Crippen molar-refractivity contribution in [3.63, 3.8) is 0 Å². The summed E-state index contributed by atoms with van der Waals surface area (Å²) in [6.07, 6.45) is 0. The molecule has 1 radical (unpaired) electrons. The zero-order valence-electron chi connectivity index (χ0n) is 10.5. The number of nitrogens with zero attached hydrogens (tertiary/aromatic N) is 2. The molecule has 0 aliphatic carbocycles. The van der Waals surface area contributed by atoms with Crippen LogP contribution in [0.4, 0.5) is 4.39 Å². The lowest BCUT2D eigenvalue weighted by molar-refractivity contribution is -0.158. The van der Waals surface area contributed by atoms with E-state index in [0.717, 1.165) is 5.06 Å². The van der Waals surface area contributed by atoms with Crippen molar-refractivity contribution in [2.75, 3.05) is 0 Å². The summed E-state index contributed by atoms with van der Waals surface area (Å²) in [5.74, 6) is 0.0586. The summed E-state index contributed by atoms with van der Waals surface area (Å²) in [5.41, 5.74) is -0.408. The van der Waals surface area contributed by atoms with Crippen LogP contribution < -0.4 is 0 Å². The van der Waals surface area contributed by atoms with Gasteiger partial charge in [0.05, 0.1) is 11.1 Å². The summed E-state index contributed by atoms with van der Waals surface area (Å²) in [4.78, 5) is 4.46. The fourth-order valence-electron chi connectivity index (χ4n) is 1.74. The van der Waals surface area contributed by atoms with Crippen LogP contribution in [0.2, 0.25) is 0 Å². The van der Waals surface area contributed by atoms with E-state index in [1.54, 1.807) is 12.1 Å². The van der Waals surface area contributed by atoms with E-state index in [4.69, 9.17) is 0 Å². The van der Waals surface area contributed by atoms with Crippen molar-refractivity contribution >= 4 is 5.84 Å². The third-order valence-corrected chi connectivity index (χ3v) is 3.69. The topological polar surface area (TPSA) is 35.5 Å². The van der Waals surface area contributed by atoms with Gasteiger partial charge in [0.2, 0.25) is 0 Å². The van der Waals surface area contributed by atoms with Gasteiger partial charge in [-0.2, -0.15) is 5.06 Å². The zero-order valence-corrected chi connectivity index (χ0v) is 10.5. The molecule has 2 rings (SSSR count). The highest BCUT2D eigenvalue weighted by Gasteiger charge is 2.50. The number of hydrogen-bond acceptors (Lipinski definition) is 2. The Hall–Kier alpha value is -1.42. The van der Waals surface area contributed by atoms with Crippen molar-refractivity contribution in [1.29, 1.82) is 0 Å². The van der Waals surface area contributed by atoms with Gasteiger partial charge in [-0.1, -0.05) is 5.21 Å². The van der Waals surface area contributed by atoms with Crippen molar-refractivity contribution in [2.24, 2.45) is 4.99 Å². The van der Waals surface area contributed by atoms with Gasteiger partial charge in [-0.15, -0.1) is 0 Å². The fourth-order valence-corrected chi connectivity index (χ4v) is 1.74. The van der Waals surface area contributed by atoms with Gasteiger partial charge in [-0.05, 0) is 52.0 Å². The predicted molar refractivity (Wildman–Crippen MR) is 63.6 cm³/mol. The highest BCUT2D eigenvalue weighted by Crippen LogP contribution is 2.37. The second kappa shape index (κ2) is 3.53. The van der Waals surface area contributed by atoms with Gasteiger partial charge in [0.25, 0.3) is 0 Å². The van der Waals surface area contributed by atoms with Crippen LogP contribution in [-0.2, 0) is 5.21 Å². The molecular formula is C13H16FN2O. The Morgan fingerprint density at radius 1 is 1.12 bits per heavy atom. The molecule has 1 heterocycles.